The second kappa shape index (κ2) is 6.98. The summed E-state index contributed by atoms with van der Waals surface area (Å²) in [5.74, 6) is -0.892. The highest BCUT2D eigenvalue weighted by Crippen LogP contribution is 2.15. The lowest BCUT2D eigenvalue weighted by molar-refractivity contribution is 0.0383. The number of hydrogen-bond donors (Lipinski definition) is 1. The van der Waals surface area contributed by atoms with E-state index in [-0.39, 0.29) is 11.5 Å². The summed E-state index contributed by atoms with van der Waals surface area (Å²) < 4.78 is 19.4. The first-order chi connectivity index (χ1) is 9.16. The van der Waals surface area contributed by atoms with Gasteiger partial charge in [-0.05, 0) is 18.2 Å². The number of carbonyl (C=O) groups excluding carboxylic acids is 1. The molecular weight excluding hydrogens is 315 g/mol. The van der Waals surface area contributed by atoms with Crippen LogP contribution in [0.1, 0.15) is 10.4 Å². The normalized spacial score (nSPS) is 16.3. The molecule has 0 aromatic heterocycles. The molecule has 4 nitrogen and oxygen atoms in total. The van der Waals surface area contributed by atoms with Crippen LogP contribution in [0, 0.1) is 5.82 Å². The fourth-order valence-electron chi connectivity index (χ4n) is 1.92. The summed E-state index contributed by atoms with van der Waals surface area (Å²) in [5.41, 5.74) is 0.0742. The standard InChI is InChI=1S/C13H16BrFN2O2/c14-10-1-2-11(12(15)9-10)13(18)16-3-4-17-5-7-19-8-6-17/h1-2,9H,3-8H2,(H,16,18). The average Bonchev–Trinajstić information content (AvgIpc) is 2.39. The van der Waals surface area contributed by atoms with E-state index >= 15 is 0 Å². The Hall–Kier alpha value is -0.980. The number of halogens is 2. The van der Waals surface area contributed by atoms with Crippen LogP contribution in [-0.4, -0.2) is 50.2 Å². The third-order valence-corrected chi connectivity index (χ3v) is 3.49. The molecule has 1 aliphatic rings. The number of ether oxygens (including phenoxy) is 1. The zero-order valence-corrected chi connectivity index (χ0v) is 12.1. The number of carbonyl (C=O) groups is 1. The smallest absolute Gasteiger partial charge is 0.254 e. The number of hydrogen-bond acceptors (Lipinski definition) is 3. The minimum absolute atomic E-state index is 0.0742. The molecule has 0 aliphatic carbocycles. The van der Waals surface area contributed by atoms with E-state index in [1.807, 2.05) is 0 Å². The molecule has 1 heterocycles. The number of rotatable bonds is 4. The lowest BCUT2D eigenvalue weighted by Gasteiger charge is -2.26. The summed E-state index contributed by atoms with van der Waals surface area (Å²) in [5, 5.41) is 2.73. The molecule has 1 N–H and O–H groups in total. The molecule has 0 bridgehead atoms. The third-order valence-electron chi connectivity index (χ3n) is 2.99. The minimum atomic E-state index is -0.516. The fourth-order valence-corrected chi connectivity index (χ4v) is 2.25. The molecule has 0 saturated carbocycles. The first kappa shape index (κ1) is 14.4. The number of nitrogens with one attached hydrogen (secondary N) is 1. The number of amides is 1. The Labute approximate surface area is 120 Å². The minimum Gasteiger partial charge on any atom is -0.379 e. The Kier molecular flexibility index (Phi) is 5.30. The van der Waals surface area contributed by atoms with E-state index in [1.54, 1.807) is 6.07 Å². The second-order valence-electron chi connectivity index (χ2n) is 4.33. The molecule has 104 valence electrons. The van der Waals surface area contributed by atoms with Crippen LogP contribution in [-0.2, 0) is 4.74 Å². The van der Waals surface area contributed by atoms with Crippen LogP contribution < -0.4 is 5.32 Å². The highest BCUT2D eigenvalue weighted by Gasteiger charge is 2.13. The Bertz CT molecular complexity index is 450. The van der Waals surface area contributed by atoms with E-state index in [4.69, 9.17) is 4.74 Å². The number of benzene rings is 1. The lowest BCUT2D eigenvalue weighted by Crippen LogP contribution is -2.41. The molecule has 0 radical (unpaired) electrons. The van der Waals surface area contributed by atoms with Crippen molar-refractivity contribution < 1.29 is 13.9 Å². The predicted octanol–water partition coefficient (Wildman–Crippen LogP) is 1.65. The highest BCUT2D eigenvalue weighted by atomic mass is 79.9. The Morgan fingerprint density at radius 2 is 2.16 bits per heavy atom. The molecule has 1 amide bonds. The van der Waals surface area contributed by atoms with E-state index in [9.17, 15) is 9.18 Å². The molecule has 0 spiro atoms. The van der Waals surface area contributed by atoms with Gasteiger partial charge in [0.2, 0.25) is 0 Å². The summed E-state index contributed by atoms with van der Waals surface area (Å²) >= 11 is 3.16. The maximum atomic E-state index is 13.6. The van der Waals surface area contributed by atoms with Gasteiger partial charge in [0.15, 0.2) is 0 Å². The molecule has 6 heteroatoms. The van der Waals surface area contributed by atoms with E-state index in [0.717, 1.165) is 32.8 Å². The van der Waals surface area contributed by atoms with Crippen LogP contribution in [0.5, 0.6) is 0 Å². The van der Waals surface area contributed by atoms with Crippen LogP contribution in [0.25, 0.3) is 0 Å². The van der Waals surface area contributed by atoms with Crippen LogP contribution >= 0.6 is 15.9 Å². The lowest BCUT2D eigenvalue weighted by atomic mass is 10.2. The molecule has 1 saturated heterocycles. The molecule has 1 aliphatic heterocycles. The van der Waals surface area contributed by atoms with Gasteiger partial charge in [0.25, 0.3) is 5.91 Å². The van der Waals surface area contributed by atoms with Crippen molar-refractivity contribution >= 4 is 21.8 Å². The average molecular weight is 331 g/mol. The summed E-state index contributed by atoms with van der Waals surface area (Å²) in [7, 11) is 0. The first-order valence-electron chi connectivity index (χ1n) is 6.20. The van der Waals surface area contributed by atoms with Crippen LogP contribution in [0.3, 0.4) is 0 Å². The Balaban J connectivity index is 1.80. The van der Waals surface area contributed by atoms with Gasteiger partial charge in [0.05, 0.1) is 18.8 Å². The van der Waals surface area contributed by atoms with Gasteiger partial charge in [-0.3, -0.25) is 9.69 Å². The van der Waals surface area contributed by atoms with Crippen LogP contribution in [0.4, 0.5) is 4.39 Å². The van der Waals surface area contributed by atoms with Gasteiger partial charge in [0.1, 0.15) is 5.82 Å². The summed E-state index contributed by atoms with van der Waals surface area (Å²) in [4.78, 5) is 14.0. The van der Waals surface area contributed by atoms with Gasteiger partial charge in [0, 0.05) is 30.7 Å². The van der Waals surface area contributed by atoms with Crippen molar-refractivity contribution in [3.63, 3.8) is 0 Å². The largest absolute Gasteiger partial charge is 0.379 e. The zero-order valence-electron chi connectivity index (χ0n) is 10.5. The van der Waals surface area contributed by atoms with Crippen molar-refractivity contribution in [1.29, 1.82) is 0 Å². The van der Waals surface area contributed by atoms with Crippen LogP contribution in [0.2, 0.25) is 0 Å². The fraction of sp³-hybridized carbons (Fsp3) is 0.462. The quantitative estimate of drug-likeness (QED) is 0.912. The van der Waals surface area contributed by atoms with E-state index in [0.29, 0.717) is 11.0 Å². The predicted molar refractivity (Wildman–Crippen MR) is 73.7 cm³/mol. The molecule has 1 aromatic carbocycles. The van der Waals surface area contributed by atoms with E-state index in [2.05, 4.69) is 26.1 Å². The Morgan fingerprint density at radius 1 is 1.42 bits per heavy atom. The third kappa shape index (κ3) is 4.26. The molecular formula is C13H16BrFN2O2. The van der Waals surface area contributed by atoms with Gasteiger partial charge in [-0.15, -0.1) is 0 Å². The van der Waals surface area contributed by atoms with Gasteiger partial charge in [-0.2, -0.15) is 0 Å². The number of nitrogens with zero attached hydrogens (tertiary/aromatic N) is 1. The molecule has 0 unspecified atom stereocenters. The van der Waals surface area contributed by atoms with Crippen molar-refractivity contribution in [3.05, 3.63) is 34.1 Å². The van der Waals surface area contributed by atoms with Gasteiger partial charge in [-0.1, -0.05) is 15.9 Å². The topological polar surface area (TPSA) is 41.6 Å². The molecule has 2 rings (SSSR count). The SMILES string of the molecule is O=C(NCCN1CCOCC1)c1ccc(Br)cc1F. The van der Waals surface area contributed by atoms with Crippen molar-refractivity contribution in [2.45, 2.75) is 0 Å². The summed E-state index contributed by atoms with van der Waals surface area (Å²) in [6.07, 6.45) is 0. The van der Waals surface area contributed by atoms with Crippen LogP contribution in [0.15, 0.2) is 22.7 Å². The van der Waals surface area contributed by atoms with Crippen molar-refractivity contribution in [2.75, 3.05) is 39.4 Å². The number of morpholine rings is 1. The zero-order chi connectivity index (χ0) is 13.7. The second-order valence-corrected chi connectivity index (χ2v) is 5.25. The van der Waals surface area contributed by atoms with Gasteiger partial charge >= 0.3 is 0 Å². The molecule has 0 atom stereocenters. The molecule has 1 fully saturated rings. The maximum Gasteiger partial charge on any atom is 0.254 e. The van der Waals surface area contributed by atoms with Crippen molar-refractivity contribution in [2.24, 2.45) is 0 Å². The van der Waals surface area contributed by atoms with Crippen molar-refractivity contribution in [3.8, 4) is 0 Å². The monoisotopic (exact) mass is 330 g/mol. The first-order valence-corrected chi connectivity index (χ1v) is 6.99. The Morgan fingerprint density at radius 3 is 2.84 bits per heavy atom. The van der Waals surface area contributed by atoms with Crippen molar-refractivity contribution in [1.82, 2.24) is 10.2 Å². The van der Waals surface area contributed by atoms with E-state index < -0.39 is 5.82 Å². The van der Waals surface area contributed by atoms with E-state index in [1.165, 1.54) is 12.1 Å². The van der Waals surface area contributed by atoms with Gasteiger partial charge in [-0.25, -0.2) is 4.39 Å². The summed E-state index contributed by atoms with van der Waals surface area (Å²) in [6.45, 7) is 4.48. The maximum absolute atomic E-state index is 13.6. The molecule has 1 aromatic rings. The summed E-state index contributed by atoms with van der Waals surface area (Å²) in [6, 6.07) is 4.42. The highest BCUT2D eigenvalue weighted by molar-refractivity contribution is 9.10. The van der Waals surface area contributed by atoms with Gasteiger partial charge < -0.3 is 10.1 Å². The molecule has 19 heavy (non-hydrogen) atoms.